The first kappa shape index (κ1) is 41.3. The third-order valence-electron chi connectivity index (χ3n) is 11.8. The number of hydroxylamine groups is 2. The van der Waals surface area contributed by atoms with E-state index in [9.17, 15) is 4.79 Å². The van der Waals surface area contributed by atoms with Gasteiger partial charge in [-0.05, 0) is 69.6 Å². The molecule has 3 heteroatoms. The second kappa shape index (κ2) is 26.1. The molecule has 1 heterocycles. The minimum atomic E-state index is -0.228. The predicted octanol–water partition coefficient (Wildman–Crippen LogP) is 13.9. The van der Waals surface area contributed by atoms with Gasteiger partial charge >= 0.3 is 0 Å². The lowest BCUT2D eigenvalue weighted by Gasteiger charge is -2.44. The number of rotatable bonds is 29. The molecule has 2 aliphatic rings. The highest BCUT2D eigenvalue weighted by Gasteiger charge is 2.38. The first-order valence-corrected chi connectivity index (χ1v) is 21.1. The molecule has 2 rings (SSSR count). The van der Waals surface area contributed by atoms with Crippen LogP contribution in [0.1, 0.15) is 221 Å². The average molecular weight is 644 g/mol. The summed E-state index contributed by atoms with van der Waals surface area (Å²) < 4.78 is 0. The normalized spacial score (nSPS) is 22.2. The van der Waals surface area contributed by atoms with Crippen molar-refractivity contribution < 1.29 is 9.63 Å². The van der Waals surface area contributed by atoms with Gasteiger partial charge in [-0.1, -0.05) is 181 Å². The van der Waals surface area contributed by atoms with E-state index in [1.54, 1.807) is 11.1 Å². The van der Waals surface area contributed by atoms with E-state index in [2.05, 4.69) is 34.6 Å². The predicted molar refractivity (Wildman–Crippen MR) is 201 cm³/mol. The molecule has 0 bridgehead atoms. The van der Waals surface area contributed by atoms with Gasteiger partial charge in [-0.2, -0.15) is 0 Å². The van der Waals surface area contributed by atoms with Crippen molar-refractivity contribution in [1.29, 1.82) is 0 Å². The Labute approximate surface area is 288 Å². The van der Waals surface area contributed by atoms with Crippen LogP contribution in [-0.4, -0.2) is 23.1 Å². The van der Waals surface area contributed by atoms with E-state index >= 15 is 0 Å². The number of hydrogen-bond acceptors (Lipinski definition) is 2. The van der Waals surface area contributed by atoms with Crippen molar-refractivity contribution in [2.24, 2.45) is 23.7 Å². The molecule has 46 heavy (non-hydrogen) atoms. The van der Waals surface area contributed by atoms with Gasteiger partial charge in [0.15, 0.2) is 0 Å². The maximum Gasteiger partial charge on any atom is 0.270 e. The SMILES string of the molecule is CCCCCCCCC1C(CCCCCC)CCC(CCCCCCCCC(C)(C)N2OCC=CC2=O)C1CCCCCCCC. The van der Waals surface area contributed by atoms with E-state index in [4.69, 9.17) is 4.84 Å². The Kier molecular flexibility index (Phi) is 23.4. The number of carbonyl (C=O) groups is 1. The molecule has 1 saturated carbocycles. The first-order chi connectivity index (χ1) is 22.4. The molecule has 1 aliphatic heterocycles. The first-order valence-electron chi connectivity index (χ1n) is 21.1. The second-order valence-electron chi connectivity index (χ2n) is 16.2. The molecule has 0 N–H and O–H groups in total. The maximum atomic E-state index is 12.2. The van der Waals surface area contributed by atoms with Gasteiger partial charge in [-0.3, -0.25) is 9.63 Å². The molecule has 0 saturated heterocycles. The van der Waals surface area contributed by atoms with Crippen molar-refractivity contribution in [3.05, 3.63) is 12.2 Å². The molecule has 4 unspecified atom stereocenters. The molecular formula is C43H81NO2. The Balaban J connectivity index is 1.84. The van der Waals surface area contributed by atoms with Crippen LogP contribution in [-0.2, 0) is 9.63 Å². The van der Waals surface area contributed by atoms with Crippen molar-refractivity contribution >= 4 is 5.91 Å². The van der Waals surface area contributed by atoms with Crippen molar-refractivity contribution in [3.8, 4) is 0 Å². The van der Waals surface area contributed by atoms with Crippen LogP contribution in [0, 0.1) is 23.7 Å². The van der Waals surface area contributed by atoms with E-state index in [-0.39, 0.29) is 11.4 Å². The highest BCUT2D eigenvalue weighted by molar-refractivity contribution is 5.87. The minimum Gasteiger partial charge on any atom is -0.267 e. The summed E-state index contributed by atoms with van der Waals surface area (Å²) in [6.45, 7) is 11.8. The van der Waals surface area contributed by atoms with E-state index in [1.165, 1.54) is 180 Å². The van der Waals surface area contributed by atoms with Crippen LogP contribution >= 0.6 is 0 Å². The van der Waals surface area contributed by atoms with Crippen molar-refractivity contribution in [3.63, 3.8) is 0 Å². The largest absolute Gasteiger partial charge is 0.270 e. The molecule has 0 aromatic rings. The molecule has 0 aromatic carbocycles. The Morgan fingerprint density at radius 1 is 0.587 bits per heavy atom. The molecular weight excluding hydrogens is 562 g/mol. The second-order valence-corrected chi connectivity index (χ2v) is 16.2. The molecule has 1 aliphatic carbocycles. The minimum absolute atomic E-state index is 0.00853. The molecule has 3 nitrogen and oxygen atoms in total. The van der Waals surface area contributed by atoms with Gasteiger partial charge in [0.05, 0.1) is 12.1 Å². The highest BCUT2D eigenvalue weighted by Crippen LogP contribution is 2.48. The van der Waals surface area contributed by atoms with Crippen molar-refractivity contribution in [2.45, 2.75) is 226 Å². The Morgan fingerprint density at radius 2 is 0.978 bits per heavy atom. The molecule has 0 aromatic heterocycles. The molecule has 0 radical (unpaired) electrons. The van der Waals surface area contributed by atoms with Gasteiger partial charge in [0, 0.05) is 6.08 Å². The number of carbonyl (C=O) groups excluding carboxylic acids is 1. The summed E-state index contributed by atoms with van der Waals surface area (Å²) in [6.07, 6.45) is 44.6. The van der Waals surface area contributed by atoms with Gasteiger partial charge in [-0.25, -0.2) is 5.06 Å². The number of hydrogen-bond donors (Lipinski definition) is 0. The fourth-order valence-electron chi connectivity index (χ4n) is 8.97. The fraction of sp³-hybridized carbons (Fsp3) is 0.930. The fourth-order valence-corrected chi connectivity index (χ4v) is 8.97. The third kappa shape index (κ3) is 17.0. The van der Waals surface area contributed by atoms with Gasteiger partial charge in [0.2, 0.25) is 0 Å². The summed E-state index contributed by atoms with van der Waals surface area (Å²) in [5, 5.41) is 1.61. The van der Waals surface area contributed by atoms with Gasteiger partial charge < -0.3 is 0 Å². The van der Waals surface area contributed by atoms with E-state index in [0.29, 0.717) is 6.61 Å². The summed E-state index contributed by atoms with van der Waals surface area (Å²) in [6, 6.07) is 0. The molecule has 1 fully saturated rings. The van der Waals surface area contributed by atoms with Gasteiger partial charge in [0.1, 0.15) is 0 Å². The maximum absolute atomic E-state index is 12.2. The van der Waals surface area contributed by atoms with Crippen LogP contribution in [0.2, 0.25) is 0 Å². The molecule has 270 valence electrons. The van der Waals surface area contributed by atoms with E-state index in [0.717, 1.165) is 30.1 Å². The van der Waals surface area contributed by atoms with Crippen LogP contribution in [0.4, 0.5) is 0 Å². The zero-order valence-corrected chi connectivity index (χ0v) is 31.9. The highest BCUT2D eigenvalue weighted by atomic mass is 16.7. The topological polar surface area (TPSA) is 29.5 Å². The number of unbranched alkanes of at least 4 members (excludes halogenated alkanes) is 18. The van der Waals surface area contributed by atoms with Crippen LogP contribution in [0.5, 0.6) is 0 Å². The zero-order chi connectivity index (χ0) is 33.3. The zero-order valence-electron chi connectivity index (χ0n) is 31.9. The van der Waals surface area contributed by atoms with E-state index < -0.39 is 0 Å². The standard InChI is InChI=1S/C43H81NO2/c1-6-9-12-15-20-25-31-40-38(29-23-14-11-8-3)34-35-39(41(40)32-26-21-16-13-10-7-2)30-24-19-17-18-22-27-36-43(4,5)44-42(45)33-28-37-46-44/h28,33,38-41H,6-27,29-32,34-37H2,1-5H3. The third-order valence-corrected chi connectivity index (χ3v) is 11.8. The molecule has 4 atom stereocenters. The number of nitrogens with zero attached hydrogens (tertiary/aromatic N) is 1. The lowest BCUT2D eigenvalue weighted by molar-refractivity contribution is -0.211. The monoisotopic (exact) mass is 644 g/mol. The lowest BCUT2D eigenvalue weighted by Crippen LogP contribution is -2.48. The van der Waals surface area contributed by atoms with E-state index in [1.807, 2.05) is 6.08 Å². The molecule has 0 spiro atoms. The van der Waals surface area contributed by atoms with Gasteiger partial charge in [0.25, 0.3) is 5.91 Å². The molecule has 1 amide bonds. The smallest absolute Gasteiger partial charge is 0.267 e. The summed E-state index contributed by atoms with van der Waals surface area (Å²) in [5.74, 6) is 4.01. The van der Waals surface area contributed by atoms with Crippen molar-refractivity contribution in [2.75, 3.05) is 6.61 Å². The summed E-state index contributed by atoms with van der Waals surface area (Å²) >= 11 is 0. The van der Waals surface area contributed by atoms with Crippen molar-refractivity contribution in [1.82, 2.24) is 5.06 Å². The average Bonchev–Trinajstić information content (AvgIpc) is 3.05. The van der Waals surface area contributed by atoms with Crippen LogP contribution < -0.4 is 0 Å². The van der Waals surface area contributed by atoms with Crippen LogP contribution in [0.15, 0.2) is 12.2 Å². The number of amides is 1. The summed E-state index contributed by atoms with van der Waals surface area (Å²) in [5.41, 5.74) is -0.228. The Hall–Kier alpha value is -0.830. The Bertz CT molecular complexity index is 760. The quantitative estimate of drug-likeness (QED) is 0.0759. The lowest BCUT2D eigenvalue weighted by atomic mass is 9.61. The van der Waals surface area contributed by atoms with Crippen LogP contribution in [0.25, 0.3) is 0 Å². The Morgan fingerprint density at radius 3 is 1.43 bits per heavy atom. The summed E-state index contributed by atoms with van der Waals surface area (Å²) in [4.78, 5) is 17.9. The van der Waals surface area contributed by atoms with Gasteiger partial charge in [-0.15, -0.1) is 0 Å². The van der Waals surface area contributed by atoms with Crippen LogP contribution in [0.3, 0.4) is 0 Å². The summed E-state index contributed by atoms with van der Waals surface area (Å²) in [7, 11) is 0.